The van der Waals surface area contributed by atoms with E-state index in [4.69, 9.17) is 9.47 Å². The van der Waals surface area contributed by atoms with Crippen molar-refractivity contribution in [3.63, 3.8) is 0 Å². The van der Waals surface area contributed by atoms with Crippen molar-refractivity contribution in [2.45, 2.75) is 19.4 Å². The lowest BCUT2D eigenvalue weighted by atomic mass is 10.0. The van der Waals surface area contributed by atoms with Crippen LogP contribution in [-0.4, -0.2) is 66.1 Å². The van der Waals surface area contributed by atoms with E-state index in [0.29, 0.717) is 42.5 Å². The average molecular weight is 453 g/mol. The first-order valence-corrected chi connectivity index (χ1v) is 11.0. The van der Waals surface area contributed by atoms with Crippen LogP contribution in [0, 0.1) is 5.82 Å². The topological polar surface area (TPSA) is 68.6 Å². The van der Waals surface area contributed by atoms with Crippen molar-refractivity contribution in [2.24, 2.45) is 0 Å². The quantitative estimate of drug-likeness (QED) is 0.594. The Bertz CT molecular complexity index is 1110. The van der Waals surface area contributed by atoms with Crippen molar-refractivity contribution in [3.8, 4) is 22.7 Å². The first kappa shape index (κ1) is 22.9. The third-order valence-corrected chi connectivity index (χ3v) is 5.94. The fraction of sp³-hybridized carbons (Fsp3) is 0.360. The van der Waals surface area contributed by atoms with Gasteiger partial charge < -0.3 is 14.8 Å². The van der Waals surface area contributed by atoms with Gasteiger partial charge in [0.2, 0.25) is 0 Å². The number of nitrogens with zero attached hydrogens (tertiary/aromatic N) is 3. The summed E-state index contributed by atoms with van der Waals surface area (Å²) >= 11 is 0. The summed E-state index contributed by atoms with van der Waals surface area (Å²) in [6, 6.07) is 13.4. The molecular weight excluding hydrogens is 423 g/mol. The molecule has 1 aliphatic heterocycles. The van der Waals surface area contributed by atoms with Gasteiger partial charge in [-0.25, -0.2) is 9.07 Å². The number of morpholine rings is 1. The normalized spacial score (nSPS) is 14.8. The van der Waals surface area contributed by atoms with E-state index in [9.17, 15) is 9.18 Å². The van der Waals surface area contributed by atoms with Crippen molar-refractivity contribution in [1.82, 2.24) is 20.0 Å². The van der Waals surface area contributed by atoms with Gasteiger partial charge >= 0.3 is 0 Å². The van der Waals surface area contributed by atoms with Crippen LogP contribution in [0.1, 0.15) is 24.2 Å². The minimum atomic E-state index is -0.331. The lowest BCUT2D eigenvalue weighted by Crippen LogP contribution is -2.55. The summed E-state index contributed by atoms with van der Waals surface area (Å²) in [5.41, 5.74) is 2.16. The van der Waals surface area contributed by atoms with E-state index in [0.717, 1.165) is 18.7 Å². The molecule has 0 radical (unpaired) electrons. The molecule has 2 aromatic carbocycles. The zero-order valence-electron chi connectivity index (χ0n) is 19.2. The number of carbonyl (C=O) groups excluding carboxylic acids is 1. The molecule has 1 aromatic heterocycles. The molecule has 4 rings (SSSR count). The van der Waals surface area contributed by atoms with Crippen LogP contribution in [0.4, 0.5) is 4.39 Å². The summed E-state index contributed by atoms with van der Waals surface area (Å²) in [5, 5.41) is 7.75. The van der Waals surface area contributed by atoms with Crippen molar-refractivity contribution >= 4 is 5.91 Å². The summed E-state index contributed by atoms with van der Waals surface area (Å²) in [6.07, 6.45) is 1.68. The maximum atomic E-state index is 13.4. The third-order valence-electron chi connectivity index (χ3n) is 5.94. The van der Waals surface area contributed by atoms with Gasteiger partial charge in [0.25, 0.3) is 5.91 Å². The second kappa shape index (κ2) is 9.72. The van der Waals surface area contributed by atoms with Crippen LogP contribution in [0.2, 0.25) is 0 Å². The molecule has 174 valence electrons. The van der Waals surface area contributed by atoms with Crippen LogP contribution in [0.5, 0.6) is 5.75 Å². The predicted octanol–water partition coefficient (Wildman–Crippen LogP) is 3.53. The Morgan fingerprint density at radius 3 is 2.61 bits per heavy atom. The highest BCUT2D eigenvalue weighted by molar-refractivity contribution is 6.00. The monoisotopic (exact) mass is 452 g/mol. The number of methoxy groups -OCH3 is 1. The molecule has 0 unspecified atom stereocenters. The molecule has 1 amide bonds. The molecule has 0 atom stereocenters. The van der Waals surface area contributed by atoms with Gasteiger partial charge in [-0.15, -0.1) is 0 Å². The Balaban J connectivity index is 1.63. The van der Waals surface area contributed by atoms with Crippen LogP contribution >= 0.6 is 0 Å². The van der Waals surface area contributed by atoms with Gasteiger partial charge in [0.15, 0.2) is 0 Å². The maximum Gasteiger partial charge on any atom is 0.255 e. The zero-order chi connectivity index (χ0) is 23.4. The van der Waals surface area contributed by atoms with E-state index in [1.807, 2.05) is 24.3 Å². The van der Waals surface area contributed by atoms with Crippen LogP contribution in [0.3, 0.4) is 0 Å². The Labute approximate surface area is 193 Å². The lowest BCUT2D eigenvalue weighted by molar-refractivity contribution is -0.00923. The van der Waals surface area contributed by atoms with Crippen molar-refractivity contribution < 1.29 is 18.7 Å². The summed E-state index contributed by atoms with van der Waals surface area (Å²) in [7, 11) is 1.59. The Morgan fingerprint density at radius 1 is 1.18 bits per heavy atom. The SMILES string of the molecule is COc1cccc(-c2nn(-c3ccc(F)cc3)cc2C(=O)NCC(C)(C)N2CCOCC2)c1. The van der Waals surface area contributed by atoms with Gasteiger partial charge in [-0.2, -0.15) is 5.10 Å². The second-order valence-corrected chi connectivity index (χ2v) is 8.64. The van der Waals surface area contributed by atoms with Crippen LogP contribution in [0.15, 0.2) is 54.7 Å². The number of aromatic nitrogens is 2. The number of halogens is 1. The predicted molar refractivity (Wildman–Crippen MR) is 124 cm³/mol. The highest BCUT2D eigenvalue weighted by Crippen LogP contribution is 2.27. The third kappa shape index (κ3) is 5.23. The molecule has 2 heterocycles. The molecule has 1 N–H and O–H groups in total. The molecule has 8 heteroatoms. The fourth-order valence-corrected chi connectivity index (χ4v) is 3.92. The molecule has 0 spiro atoms. The highest BCUT2D eigenvalue weighted by Gasteiger charge is 2.29. The van der Waals surface area contributed by atoms with E-state index in [1.165, 1.54) is 12.1 Å². The fourth-order valence-electron chi connectivity index (χ4n) is 3.92. The Kier molecular flexibility index (Phi) is 6.76. The largest absolute Gasteiger partial charge is 0.497 e. The zero-order valence-corrected chi connectivity index (χ0v) is 19.2. The van der Waals surface area contributed by atoms with Gasteiger partial charge in [-0.3, -0.25) is 9.69 Å². The van der Waals surface area contributed by atoms with E-state index in [-0.39, 0.29) is 17.3 Å². The van der Waals surface area contributed by atoms with Gasteiger partial charge in [0.05, 0.1) is 31.6 Å². The molecule has 0 saturated carbocycles. The number of ether oxygens (including phenoxy) is 2. The van der Waals surface area contributed by atoms with Gasteiger partial charge in [-0.1, -0.05) is 12.1 Å². The number of amides is 1. The number of rotatable bonds is 7. The maximum absolute atomic E-state index is 13.4. The smallest absolute Gasteiger partial charge is 0.255 e. The lowest BCUT2D eigenvalue weighted by Gasteiger charge is -2.40. The van der Waals surface area contributed by atoms with Gasteiger partial charge in [-0.05, 0) is 50.2 Å². The van der Waals surface area contributed by atoms with Crippen molar-refractivity contribution in [2.75, 3.05) is 40.0 Å². The van der Waals surface area contributed by atoms with Crippen molar-refractivity contribution in [3.05, 3.63) is 66.1 Å². The number of nitrogens with one attached hydrogen (secondary N) is 1. The minimum absolute atomic E-state index is 0.220. The number of hydrogen-bond donors (Lipinski definition) is 1. The molecule has 1 fully saturated rings. The minimum Gasteiger partial charge on any atom is -0.497 e. The highest BCUT2D eigenvalue weighted by atomic mass is 19.1. The first-order valence-electron chi connectivity index (χ1n) is 11.0. The van der Waals surface area contributed by atoms with Gasteiger partial charge in [0.1, 0.15) is 17.3 Å². The number of hydrogen-bond acceptors (Lipinski definition) is 5. The van der Waals surface area contributed by atoms with E-state index < -0.39 is 0 Å². The van der Waals surface area contributed by atoms with Crippen LogP contribution in [-0.2, 0) is 4.74 Å². The number of benzene rings is 2. The van der Waals surface area contributed by atoms with E-state index in [1.54, 1.807) is 30.1 Å². The Hall–Kier alpha value is -3.23. The molecule has 1 aliphatic rings. The summed E-state index contributed by atoms with van der Waals surface area (Å²) in [4.78, 5) is 15.6. The Morgan fingerprint density at radius 2 is 1.91 bits per heavy atom. The van der Waals surface area contributed by atoms with Crippen molar-refractivity contribution in [1.29, 1.82) is 0 Å². The van der Waals surface area contributed by atoms with E-state index in [2.05, 4.69) is 29.2 Å². The summed E-state index contributed by atoms with van der Waals surface area (Å²) in [5.74, 6) is 0.119. The summed E-state index contributed by atoms with van der Waals surface area (Å²) < 4.78 is 25.8. The van der Waals surface area contributed by atoms with Gasteiger partial charge in [0, 0.05) is 36.9 Å². The van der Waals surface area contributed by atoms with Crippen LogP contribution in [0.25, 0.3) is 16.9 Å². The van der Waals surface area contributed by atoms with E-state index >= 15 is 0 Å². The standard InChI is InChI=1S/C25H29FN4O3/c1-25(2,29-11-13-33-14-12-29)17-27-24(31)22-16-30(20-9-7-19(26)8-10-20)28-23(22)18-5-4-6-21(15-18)32-3/h4-10,15-16H,11-14,17H2,1-3H3,(H,27,31). The summed E-state index contributed by atoms with van der Waals surface area (Å²) in [6.45, 7) is 7.77. The molecule has 1 saturated heterocycles. The molecular formula is C25H29FN4O3. The first-order chi connectivity index (χ1) is 15.9. The average Bonchev–Trinajstić information content (AvgIpc) is 3.29. The van der Waals surface area contributed by atoms with Crippen LogP contribution < -0.4 is 10.1 Å². The molecule has 0 aliphatic carbocycles. The molecule has 7 nitrogen and oxygen atoms in total. The molecule has 0 bridgehead atoms. The molecule has 3 aromatic rings. The number of carbonyl (C=O) groups is 1. The second-order valence-electron chi connectivity index (χ2n) is 8.64. The molecule has 33 heavy (non-hydrogen) atoms.